The zero-order valence-electron chi connectivity index (χ0n) is 19.8. The van der Waals surface area contributed by atoms with Crippen LogP contribution in [0.1, 0.15) is 24.5 Å². The van der Waals surface area contributed by atoms with Crippen molar-refractivity contribution in [3.8, 4) is 0 Å². The number of anilines is 1. The average Bonchev–Trinajstić information content (AvgIpc) is 3.07. The number of amides is 4. The highest BCUT2D eigenvalue weighted by Crippen LogP contribution is 2.24. The predicted molar refractivity (Wildman–Crippen MR) is 129 cm³/mol. The van der Waals surface area contributed by atoms with E-state index in [1.54, 1.807) is 18.9 Å². The quantitative estimate of drug-likeness (QED) is 0.607. The van der Waals surface area contributed by atoms with Crippen molar-refractivity contribution in [3.05, 3.63) is 65.7 Å². The van der Waals surface area contributed by atoms with Crippen molar-refractivity contribution in [3.63, 3.8) is 0 Å². The third kappa shape index (κ3) is 5.39. The van der Waals surface area contributed by atoms with Crippen LogP contribution >= 0.6 is 0 Å². The maximum Gasteiger partial charge on any atom is 0.325 e. The summed E-state index contributed by atoms with van der Waals surface area (Å²) in [6.07, 6.45) is 1.13. The Kier molecular flexibility index (Phi) is 7.17. The Morgan fingerprint density at radius 3 is 2.38 bits per heavy atom. The van der Waals surface area contributed by atoms with E-state index in [4.69, 9.17) is 4.74 Å². The van der Waals surface area contributed by atoms with Gasteiger partial charge in [0.05, 0.1) is 13.2 Å². The highest BCUT2D eigenvalue weighted by molar-refractivity contribution is 6.08. The standard InChI is InChI=1S/C26H32N4O4/c1-26(13-12-20-6-4-3-5-7-20)24(32)30(25(33)27-26)19-23(31)28(2)18-21-8-10-22(11-9-21)29-14-16-34-17-15-29/h3-11H,12-19H2,1-2H3,(H,27,33)/t26-/m1/s1. The zero-order chi connectivity index (χ0) is 24.1. The van der Waals surface area contributed by atoms with Gasteiger partial charge >= 0.3 is 6.03 Å². The largest absolute Gasteiger partial charge is 0.378 e. The molecule has 2 aromatic carbocycles. The summed E-state index contributed by atoms with van der Waals surface area (Å²) in [5.41, 5.74) is 2.20. The Morgan fingerprint density at radius 2 is 1.71 bits per heavy atom. The van der Waals surface area contributed by atoms with Crippen molar-refractivity contribution in [2.45, 2.75) is 31.8 Å². The van der Waals surface area contributed by atoms with Crippen molar-refractivity contribution in [1.82, 2.24) is 15.1 Å². The summed E-state index contributed by atoms with van der Waals surface area (Å²) in [6, 6.07) is 17.4. The molecule has 34 heavy (non-hydrogen) atoms. The highest BCUT2D eigenvalue weighted by Gasteiger charge is 2.48. The van der Waals surface area contributed by atoms with Gasteiger partial charge in [-0.05, 0) is 43.0 Å². The number of hydrogen-bond acceptors (Lipinski definition) is 5. The molecule has 0 radical (unpaired) electrons. The van der Waals surface area contributed by atoms with E-state index in [9.17, 15) is 14.4 Å². The lowest BCUT2D eigenvalue weighted by Crippen LogP contribution is -2.45. The molecule has 0 saturated carbocycles. The van der Waals surface area contributed by atoms with Gasteiger partial charge in [-0.25, -0.2) is 4.79 Å². The van der Waals surface area contributed by atoms with E-state index < -0.39 is 11.6 Å². The molecule has 8 nitrogen and oxygen atoms in total. The Hall–Kier alpha value is -3.39. The normalized spacial score (nSPS) is 20.4. The van der Waals surface area contributed by atoms with Crippen LogP contribution in [0.4, 0.5) is 10.5 Å². The molecule has 2 saturated heterocycles. The van der Waals surface area contributed by atoms with Crippen LogP contribution in [0.25, 0.3) is 0 Å². The summed E-state index contributed by atoms with van der Waals surface area (Å²) in [6.45, 7) is 5.05. The van der Waals surface area contributed by atoms with E-state index in [1.807, 2.05) is 42.5 Å². The molecule has 0 unspecified atom stereocenters. The van der Waals surface area contributed by atoms with Crippen LogP contribution in [0.5, 0.6) is 0 Å². The zero-order valence-corrected chi connectivity index (χ0v) is 19.8. The van der Waals surface area contributed by atoms with Gasteiger partial charge in [-0.2, -0.15) is 0 Å². The fourth-order valence-corrected chi connectivity index (χ4v) is 4.35. The lowest BCUT2D eigenvalue weighted by atomic mass is 9.93. The molecule has 2 aromatic rings. The monoisotopic (exact) mass is 464 g/mol. The molecule has 1 N–H and O–H groups in total. The predicted octanol–water partition coefficient (Wildman–Crippen LogP) is 2.42. The van der Waals surface area contributed by atoms with Crippen LogP contribution in [-0.4, -0.2) is 73.1 Å². The maximum atomic E-state index is 13.0. The van der Waals surface area contributed by atoms with Crippen LogP contribution < -0.4 is 10.2 Å². The van der Waals surface area contributed by atoms with E-state index in [0.29, 0.717) is 19.4 Å². The highest BCUT2D eigenvalue weighted by atomic mass is 16.5. The van der Waals surface area contributed by atoms with Gasteiger partial charge < -0.3 is 19.9 Å². The summed E-state index contributed by atoms with van der Waals surface area (Å²) in [4.78, 5) is 43.2. The first-order valence-corrected chi connectivity index (χ1v) is 11.7. The summed E-state index contributed by atoms with van der Waals surface area (Å²) in [7, 11) is 1.69. The average molecular weight is 465 g/mol. The van der Waals surface area contributed by atoms with E-state index in [1.165, 1.54) is 0 Å². The van der Waals surface area contributed by atoms with Crippen molar-refractivity contribution >= 4 is 23.5 Å². The third-order valence-electron chi connectivity index (χ3n) is 6.55. The summed E-state index contributed by atoms with van der Waals surface area (Å²) >= 11 is 0. The molecule has 2 fully saturated rings. The van der Waals surface area contributed by atoms with Gasteiger partial charge in [0.2, 0.25) is 5.91 Å². The minimum Gasteiger partial charge on any atom is -0.378 e. The van der Waals surface area contributed by atoms with Crippen LogP contribution in [0, 0.1) is 0 Å². The number of carbonyl (C=O) groups excluding carboxylic acids is 3. The van der Waals surface area contributed by atoms with Crippen molar-refractivity contribution in [2.75, 3.05) is 44.8 Å². The SMILES string of the molecule is CN(Cc1ccc(N2CCOCC2)cc1)C(=O)CN1C(=O)N[C@](C)(CCc2ccccc2)C1=O. The van der Waals surface area contributed by atoms with Gasteiger partial charge in [0.15, 0.2) is 0 Å². The maximum absolute atomic E-state index is 13.0. The van der Waals surface area contributed by atoms with Crippen LogP contribution in [0.3, 0.4) is 0 Å². The summed E-state index contributed by atoms with van der Waals surface area (Å²) < 4.78 is 5.40. The number of carbonyl (C=O) groups is 3. The molecule has 4 amide bonds. The number of morpholine rings is 1. The molecule has 0 bridgehead atoms. The second-order valence-electron chi connectivity index (χ2n) is 9.15. The number of nitrogens with zero attached hydrogens (tertiary/aromatic N) is 3. The lowest BCUT2D eigenvalue weighted by molar-refractivity contribution is -0.138. The van der Waals surface area contributed by atoms with Crippen molar-refractivity contribution in [1.29, 1.82) is 0 Å². The van der Waals surface area contributed by atoms with Gasteiger partial charge in [-0.1, -0.05) is 42.5 Å². The smallest absolute Gasteiger partial charge is 0.325 e. The van der Waals surface area contributed by atoms with Gasteiger partial charge in [0.25, 0.3) is 5.91 Å². The number of likely N-dealkylation sites (N-methyl/N-ethyl adjacent to an activating group) is 1. The molecule has 2 aliphatic rings. The number of nitrogens with one attached hydrogen (secondary N) is 1. The Bertz CT molecular complexity index is 1020. The first kappa shape index (κ1) is 23.8. The minimum absolute atomic E-state index is 0.270. The van der Waals surface area contributed by atoms with Crippen LogP contribution in [0.15, 0.2) is 54.6 Å². The number of aryl methyl sites for hydroxylation is 1. The molecule has 2 heterocycles. The van der Waals surface area contributed by atoms with E-state index >= 15 is 0 Å². The number of urea groups is 1. The van der Waals surface area contributed by atoms with E-state index in [2.05, 4.69) is 22.3 Å². The summed E-state index contributed by atoms with van der Waals surface area (Å²) in [5, 5.41) is 2.78. The van der Waals surface area contributed by atoms with E-state index in [-0.39, 0.29) is 18.4 Å². The van der Waals surface area contributed by atoms with Gasteiger partial charge in [0.1, 0.15) is 12.1 Å². The number of rotatable bonds is 8. The molecular formula is C26H32N4O4. The van der Waals surface area contributed by atoms with Gasteiger partial charge in [0, 0.05) is 32.4 Å². The van der Waals surface area contributed by atoms with Gasteiger partial charge in [-0.15, -0.1) is 0 Å². The van der Waals surface area contributed by atoms with Gasteiger partial charge in [-0.3, -0.25) is 14.5 Å². The number of benzene rings is 2. The fourth-order valence-electron chi connectivity index (χ4n) is 4.35. The second-order valence-corrected chi connectivity index (χ2v) is 9.15. The second kappa shape index (κ2) is 10.3. The third-order valence-corrected chi connectivity index (χ3v) is 6.55. The lowest BCUT2D eigenvalue weighted by Gasteiger charge is -2.29. The van der Waals surface area contributed by atoms with E-state index in [0.717, 1.165) is 48.0 Å². The molecule has 180 valence electrons. The van der Waals surface area contributed by atoms with Crippen LogP contribution in [0.2, 0.25) is 0 Å². The molecule has 0 spiro atoms. The molecule has 0 aliphatic carbocycles. The minimum atomic E-state index is -1.01. The number of hydrogen-bond donors (Lipinski definition) is 1. The number of imide groups is 1. The first-order chi connectivity index (χ1) is 16.4. The first-order valence-electron chi connectivity index (χ1n) is 11.7. The summed E-state index contributed by atoms with van der Waals surface area (Å²) in [5.74, 6) is -0.641. The molecule has 2 aliphatic heterocycles. The molecule has 4 rings (SSSR count). The molecule has 1 atom stereocenters. The van der Waals surface area contributed by atoms with Crippen molar-refractivity contribution < 1.29 is 19.1 Å². The topological polar surface area (TPSA) is 82.2 Å². The van der Waals surface area contributed by atoms with Crippen molar-refractivity contribution in [2.24, 2.45) is 0 Å². The fraction of sp³-hybridized carbons (Fsp3) is 0.423. The Balaban J connectivity index is 1.31. The number of ether oxygens (including phenoxy) is 1. The Labute approximate surface area is 200 Å². The van der Waals surface area contributed by atoms with Crippen LogP contribution in [-0.2, 0) is 27.3 Å². The molecule has 8 heteroatoms. The molecule has 0 aromatic heterocycles. The molecular weight excluding hydrogens is 432 g/mol. The Morgan fingerprint density at radius 1 is 1.03 bits per heavy atom.